The Hall–Kier alpha value is -1.90. The molecule has 0 saturated heterocycles. The molecule has 21 heavy (non-hydrogen) atoms. The Kier molecular flexibility index (Phi) is 5.32. The average molecular weight is 283 g/mol. The summed E-state index contributed by atoms with van der Waals surface area (Å²) in [6.45, 7) is 9.47. The minimum absolute atomic E-state index is 0.786. The number of anilines is 1. The van der Waals surface area contributed by atoms with Gasteiger partial charge in [-0.3, -0.25) is 0 Å². The van der Waals surface area contributed by atoms with E-state index in [1.54, 1.807) is 0 Å². The molecule has 0 spiro atoms. The molecule has 0 bridgehead atoms. The number of nitrogens with zero attached hydrogens (tertiary/aromatic N) is 2. The summed E-state index contributed by atoms with van der Waals surface area (Å²) in [7, 11) is 0. The Morgan fingerprint density at radius 2 is 1.71 bits per heavy atom. The van der Waals surface area contributed by atoms with E-state index in [0.29, 0.717) is 0 Å². The zero-order valence-electron chi connectivity index (χ0n) is 13.5. The highest BCUT2D eigenvalue weighted by atomic mass is 15.0. The van der Waals surface area contributed by atoms with Crippen molar-refractivity contribution in [2.24, 2.45) is 0 Å². The van der Waals surface area contributed by atoms with Crippen molar-refractivity contribution in [3.63, 3.8) is 0 Å². The smallest absolute Gasteiger partial charge is 0.135 e. The van der Waals surface area contributed by atoms with Crippen LogP contribution in [0.5, 0.6) is 0 Å². The Balaban J connectivity index is 2.27. The third-order valence-electron chi connectivity index (χ3n) is 3.65. The number of aromatic nitrogens is 2. The summed E-state index contributed by atoms with van der Waals surface area (Å²) >= 11 is 0. The average Bonchev–Trinajstić information content (AvgIpc) is 2.49. The molecule has 0 unspecified atom stereocenters. The number of rotatable bonds is 6. The van der Waals surface area contributed by atoms with Crippen LogP contribution in [0.2, 0.25) is 0 Å². The zero-order valence-corrected chi connectivity index (χ0v) is 13.5. The molecular formula is C18H25N3. The van der Waals surface area contributed by atoms with Gasteiger partial charge in [0.15, 0.2) is 0 Å². The lowest BCUT2D eigenvalue weighted by Crippen LogP contribution is -2.10. The molecule has 1 heterocycles. The molecule has 1 N–H and O–H groups in total. The van der Waals surface area contributed by atoms with Gasteiger partial charge >= 0.3 is 0 Å². The molecule has 3 heteroatoms. The fourth-order valence-electron chi connectivity index (χ4n) is 2.34. The summed E-state index contributed by atoms with van der Waals surface area (Å²) in [5.41, 5.74) is 4.86. The second-order valence-corrected chi connectivity index (χ2v) is 5.50. The van der Waals surface area contributed by atoms with Crippen LogP contribution in [0, 0.1) is 13.8 Å². The first-order valence-electron chi connectivity index (χ1n) is 7.79. The van der Waals surface area contributed by atoms with Crippen LogP contribution < -0.4 is 5.32 Å². The number of nitrogens with one attached hydrogen (secondary N) is 1. The van der Waals surface area contributed by atoms with Crippen LogP contribution in [0.4, 0.5) is 5.82 Å². The molecule has 2 aromatic rings. The quantitative estimate of drug-likeness (QED) is 0.868. The van der Waals surface area contributed by atoms with Crippen molar-refractivity contribution < 1.29 is 0 Å². The van der Waals surface area contributed by atoms with E-state index in [9.17, 15) is 0 Å². The van der Waals surface area contributed by atoms with Gasteiger partial charge in [0.05, 0.1) is 0 Å². The van der Waals surface area contributed by atoms with E-state index in [2.05, 4.69) is 57.3 Å². The third kappa shape index (κ3) is 4.03. The summed E-state index contributed by atoms with van der Waals surface area (Å²) in [6, 6.07) is 8.59. The van der Waals surface area contributed by atoms with Crippen molar-refractivity contribution in [1.29, 1.82) is 0 Å². The summed E-state index contributed by atoms with van der Waals surface area (Å²) < 4.78 is 0. The number of aryl methyl sites for hydroxylation is 2. The lowest BCUT2D eigenvalue weighted by Gasteiger charge is -2.13. The SMILES string of the molecule is CCCNc1nc(Cc2ccc(C)cc2)nc(CC)c1C. The Bertz CT molecular complexity index is 588. The molecule has 0 amide bonds. The van der Waals surface area contributed by atoms with Gasteiger partial charge in [0, 0.05) is 24.2 Å². The van der Waals surface area contributed by atoms with Gasteiger partial charge in [0.2, 0.25) is 0 Å². The first kappa shape index (κ1) is 15.5. The van der Waals surface area contributed by atoms with E-state index in [0.717, 1.165) is 43.1 Å². The Labute approximate surface area is 127 Å². The lowest BCUT2D eigenvalue weighted by molar-refractivity contribution is 0.876. The second-order valence-electron chi connectivity index (χ2n) is 5.50. The molecule has 1 aromatic heterocycles. The van der Waals surface area contributed by atoms with Crippen LogP contribution in [0.25, 0.3) is 0 Å². The van der Waals surface area contributed by atoms with E-state index in [-0.39, 0.29) is 0 Å². The van der Waals surface area contributed by atoms with Crippen LogP contribution in [0.3, 0.4) is 0 Å². The van der Waals surface area contributed by atoms with Crippen LogP contribution in [-0.4, -0.2) is 16.5 Å². The van der Waals surface area contributed by atoms with Gasteiger partial charge < -0.3 is 5.32 Å². The number of benzene rings is 1. The van der Waals surface area contributed by atoms with E-state index in [4.69, 9.17) is 9.97 Å². The molecule has 2 rings (SSSR count). The van der Waals surface area contributed by atoms with Crippen molar-refractivity contribution >= 4 is 5.82 Å². The highest BCUT2D eigenvalue weighted by Gasteiger charge is 2.10. The van der Waals surface area contributed by atoms with E-state index in [1.807, 2.05) is 0 Å². The largest absolute Gasteiger partial charge is 0.370 e. The molecule has 0 radical (unpaired) electrons. The summed E-state index contributed by atoms with van der Waals surface area (Å²) in [6.07, 6.45) is 2.82. The molecule has 0 aliphatic rings. The normalized spacial score (nSPS) is 10.7. The fourth-order valence-corrected chi connectivity index (χ4v) is 2.34. The van der Waals surface area contributed by atoms with Gasteiger partial charge in [-0.15, -0.1) is 0 Å². The number of hydrogen-bond acceptors (Lipinski definition) is 3. The lowest BCUT2D eigenvalue weighted by atomic mass is 10.1. The molecule has 0 atom stereocenters. The van der Waals surface area contributed by atoms with Gasteiger partial charge in [-0.1, -0.05) is 43.7 Å². The van der Waals surface area contributed by atoms with Crippen molar-refractivity contribution in [2.45, 2.75) is 47.0 Å². The molecular weight excluding hydrogens is 258 g/mol. The molecule has 0 aliphatic heterocycles. The maximum absolute atomic E-state index is 4.73. The first-order valence-corrected chi connectivity index (χ1v) is 7.79. The maximum atomic E-state index is 4.73. The minimum Gasteiger partial charge on any atom is -0.370 e. The zero-order chi connectivity index (χ0) is 15.2. The summed E-state index contributed by atoms with van der Waals surface area (Å²) in [5, 5.41) is 3.42. The van der Waals surface area contributed by atoms with Crippen LogP contribution in [-0.2, 0) is 12.8 Å². The van der Waals surface area contributed by atoms with Crippen molar-refractivity contribution in [3.05, 3.63) is 52.5 Å². The van der Waals surface area contributed by atoms with E-state index >= 15 is 0 Å². The molecule has 0 aliphatic carbocycles. The highest BCUT2D eigenvalue weighted by Crippen LogP contribution is 2.18. The van der Waals surface area contributed by atoms with Gasteiger partial charge in [-0.05, 0) is 32.3 Å². The summed E-state index contributed by atoms with van der Waals surface area (Å²) in [5.74, 6) is 1.89. The molecule has 1 aromatic carbocycles. The minimum atomic E-state index is 0.786. The van der Waals surface area contributed by atoms with Crippen molar-refractivity contribution in [2.75, 3.05) is 11.9 Å². The molecule has 0 fully saturated rings. The Morgan fingerprint density at radius 3 is 2.33 bits per heavy atom. The van der Waals surface area contributed by atoms with Crippen LogP contribution in [0.15, 0.2) is 24.3 Å². The van der Waals surface area contributed by atoms with Crippen LogP contribution in [0.1, 0.15) is 48.5 Å². The van der Waals surface area contributed by atoms with E-state index < -0.39 is 0 Å². The van der Waals surface area contributed by atoms with Gasteiger partial charge in [-0.25, -0.2) is 9.97 Å². The maximum Gasteiger partial charge on any atom is 0.135 e. The fraction of sp³-hybridized carbons (Fsp3) is 0.444. The predicted octanol–water partition coefficient (Wildman–Crippen LogP) is 4.07. The second kappa shape index (κ2) is 7.21. The monoisotopic (exact) mass is 283 g/mol. The van der Waals surface area contributed by atoms with E-state index in [1.165, 1.54) is 16.7 Å². The molecule has 0 saturated carbocycles. The topological polar surface area (TPSA) is 37.8 Å². The highest BCUT2D eigenvalue weighted by molar-refractivity contribution is 5.46. The molecule has 112 valence electrons. The van der Waals surface area contributed by atoms with Crippen molar-refractivity contribution in [1.82, 2.24) is 9.97 Å². The standard InChI is InChI=1S/C18H25N3/c1-5-11-19-18-14(4)16(6-2)20-17(21-18)12-15-9-7-13(3)8-10-15/h7-10H,5-6,11-12H2,1-4H3,(H,19,20,21). The van der Waals surface area contributed by atoms with Gasteiger partial charge in [-0.2, -0.15) is 0 Å². The van der Waals surface area contributed by atoms with Gasteiger partial charge in [0.1, 0.15) is 11.6 Å². The number of hydrogen-bond donors (Lipinski definition) is 1. The summed E-state index contributed by atoms with van der Waals surface area (Å²) in [4.78, 5) is 9.44. The third-order valence-corrected chi connectivity index (χ3v) is 3.65. The predicted molar refractivity (Wildman–Crippen MR) is 88.9 cm³/mol. The Morgan fingerprint density at radius 1 is 1.00 bits per heavy atom. The first-order chi connectivity index (χ1) is 10.1. The van der Waals surface area contributed by atoms with Crippen LogP contribution >= 0.6 is 0 Å². The van der Waals surface area contributed by atoms with Gasteiger partial charge in [0.25, 0.3) is 0 Å². The molecule has 3 nitrogen and oxygen atoms in total. The van der Waals surface area contributed by atoms with Crippen molar-refractivity contribution in [3.8, 4) is 0 Å².